The molecule has 0 N–H and O–H groups in total. The van der Waals surface area contributed by atoms with Crippen LogP contribution in [0.15, 0.2) is 76.3 Å². The monoisotopic (exact) mass is 452 g/mol. The second-order valence-corrected chi connectivity index (χ2v) is 7.99. The van der Waals surface area contributed by atoms with Gasteiger partial charge < -0.3 is 9.47 Å². The van der Waals surface area contributed by atoms with E-state index in [4.69, 9.17) is 14.6 Å². The highest BCUT2D eigenvalue weighted by Gasteiger charge is 2.41. The Hall–Kier alpha value is -2.86. The predicted octanol–water partition coefficient (Wildman–Crippen LogP) is 5.84. The Kier molecular flexibility index (Phi) is 4.51. The molecule has 0 spiro atoms. The molecule has 0 fully saturated rings. The highest BCUT2D eigenvalue weighted by molar-refractivity contribution is 9.10. The van der Waals surface area contributed by atoms with E-state index in [1.165, 1.54) is 12.1 Å². The van der Waals surface area contributed by atoms with Crippen molar-refractivity contribution in [1.82, 2.24) is 5.01 Å². The molecule has 2 atom stereocenters. The topological polar surface area (TPSA) is 34.1 Å². The van der Waals surface area contributed by atoms with E-state index in [1.807, 2.05) is 41.4 Å². The lowest BCUT2D eigenvalue weighted by atomic mass is 9.96. The van der Waals surface area contributed by atoms with Crippen molar-refractivity contribution in [3.63, 3.8) is 0 Å². The van der Waals surface area contributed by atoms with E-state index >= 15 is 0 Å². The maximum absolute atomic E-state index is 13.4. The van der Waals surface area contributed by atoms with E-state index in [0.29, 0.717) is 0 Å². The first-order valence-corrected chi connectivity index (χ1v) is 10.1. The Morgan fingerprint density at radius 3 is 2.55 bits per heavy atom. The number of hydrogen-bond donors (Lipinski definition) is 0. The molecule has 2 aliphatic heterocycles. The van der Waals surface area contributed by atoms with Crippen molar-refractivity contribution in [2.24, 2.45) is 5.10 Å². The summed E-state index contributed by atoms with van der Waals surface area (Å²) in [6.07, 6.45) is 0.378. The SMILES string of the molecule is COc1ccc([C@H]2Oc3ccc(Br)cc3[C@H]3CC(c4ccc(F)cc4)=NN32)cc1. The average molecular weight is 453 g/mol. The van der Waals surface area contributed by atoms with Crippen LogP contribution in [0.2, 0.25) is 0 Å². The van der Waals surface area contributed by atoms with Gasteiger partial charge in [-0.2, -0.15) is 5.10 Å². The van der Waals surface area contributed by atoms with Crippen molar-refractivity contribution < 1.29 is 13.9 Å². The molecule has 5 rings (SSSR count). The van der Waals surface area contributed by atoms with Gasteiger partial charge in [-0.3, -0.25) is 0 Å². The molecular formula is C23H18BrFN2O2. The van der Waals surface area contributed by atoms with Crippen LogP contribution in [-0.2, 0) is 0 Å². The number of ether oxygens (including phenoxy) is 2. The molecule has 0 bridgehead atoms. The fourth-order valence-electron chi connectivity index (χ4n) is 3.86. The molecule has 0 unspecified atom stereocenters. The van der Waals surface area contributed by atoms with Gasteiger partial charge in [0.2, 0.25) is 6.23 Å². The van der Waals surface area contributed by atoms with E-state index in [-0.39, 0.29) is 18.1 Å². The lowest BCUT2D eigenvalue weighted by Crippen LogP contribution is -2.33. The zero-order valence-electron chi connectivity index (χ0n) is 15.7. The molecular weight excluding hydrogens is 435 g/mol. The summed E-state index contributed by atoms with van der Waals surface area (Å²) < 4.78 is 26.0. The zero-order chi connectivity index (χ0) is 20.0. The Morgan fingerprint density at radius 2 is 1.83 bits per heavy atom. The Labute approximate surface area is 176 Å². The number of benzene rings is 3. The summed E-state index contributed by atoms with van der Waals surface area (Å²) in [5.74, 6) is 1.40. The average Bonchev–Trinajstić information content (AvgIpc) is 3.20. The molecule has 0 aliphatic carbocycles. The van der Waals surface area contributed by atoms with Crippen LogP contribution in [0.5, 0.6) is 11.5 Å². The van der Waals surface area contributed by atoms with Gasteiger partial charge in [0.1, 0.15) is 17.3 Å². The van der Waals surface area contributed by atoms with Crippen molar-refractivity contribution in [3.8, 4) is 11.5 Å². The zero-order valence-corrected chi connectivity index (χ0v) is 17.3. The van der Waals surface area contributed by atoms with E-state index in [1.54, 1.807) is 19.2 Å². The van der Waals surface area contributed by atoms with Gasteiger partial charge in [0.15, 0.2) is 0 Å². The largest absolute Gasteiger partial charge is 0.497 e. The highest BCUT2D eigenvalue weighted by Crippen LogP contribution is 2.48. The van der Waals surface area contributed by atoms with Gasteiger partial charge in [0, 0.05) is 22.0 Å². The Bertz CT molecular complexity index is 1080. The molecule has 146 valence electrons. The minimum Gasteiger partial charge on any atom is -0.497 e. The van der Waals surface area contributed by atoms with Crippen molar-refractivity contribution in [2.45, 2.75) is 18.7 Å². The van der Waals surface area contributed by atoms with Crippen LogP contribution in [-0.4, -0.2) is 17.8 Å². The standard InChI is InChI=1S/C23H18BrFN2O2/c1-28-18-9-4-15(5-10-18)23-27-21(19-12-16(24)6-11-22(19)29-23)13-20(26-27)14-2-7-17(25)8-3-14/h2-12,21,23H,13H2,1H3/t21-,23-/m1/s1. The Balaban J connectivity index is 1.58. The van der Waals surface area contributed by atoms with E-state index in [9.17, 15) is 4.39 Å². The van der Waals surface area contributed by atoms with Crippen molar-refractivity contribution in [2.75, 3.05) is 7.11 Å². The summed E-state index contributed by atoms with van der Waals surface area (Å²) in [5.41, 5.74) is 3.93. The first kappa shape index (κ1) is 18.2. The lowest BCUT2D eigenvalue weighted by molar-refractivity contribution is -0.0191. The molecule has 0 aromatic heterocycles. The summed E-state index contributed by atoms with van der Waals surface area (Å²) in [5, 5.41) is 6.90. The first-order valence-electron chi connectivity index (χ1n) is 9.34. The molecule has 3 aromatic rings. The predicted molar refractivity (Wildman–Crippen MR) is 113 cm³/mol. The number of nitrogens with zero attached hydrogens (tertiary/aromatic N) is 2. The smallest absolute Gasteiger partial charge is 0.213 e. The Morgan fingerprint density at radius 1 is 1.07 bits per heavy atom. The van der Waals surface area contributed by atoms with Crippen LogP contribution >= 0.6 is 15.9 Å². The molecule has 3 aromatic carbocycles. The van der Waals surface area contributed by atoms with E-state index in [0.717, 1.165) is 44.8 Å². The minimum absolute atomic E-state index is 0.0448. The molecule has 4 nitrogen and oxygen atoms in total. The molecule has 0 radical (unpaired) electrons. The summed E-state index contributed by atoms with van der Waals surface area (Å²) in [6.45, 7) is 0. The third-order valence-electron chi connectivity index (χ3n) is 5.33. The van der Waals surface area contributed by atoms with Crippen LogP contribution in [0.4, 0.5) is 4.39 Å². The van der Waals surface area contributed by atoms with Crippen molar-refractivity contribution >= 4 is 21.6 Å². The van der Waals surface area contributed by atoms with Crippen LogP contribution in [0.1, 0.15) is 35.4 Å². The van der Waals surface area contributed by atoms with Crippen LogP contribution in [0.25, 0.3) is 0 Å². The number of methoxy groups -OCH3 is 1. The summed E-state index contributed by atoms with van der Waals surface area (Å²) in [4.78, 5) is 0. The van der Waals surface area contributed by atoms with Gasteiger partial charge in [-0.05, 0) is 60.2 Å². The molecule has 0 amide bonds. The quantitative estimate of drug-likeness (QED) is 0.500. The fraction of sp³-hybridized carbons (Fsp3) is 0.174. The minimum atomic E-state index is -0.350. The van der Waals surface area contributed by atoms with Gasteiger partial charge in [0.05, 0.1) is 18.9 Å². The molecule has 0 saturated carbocycles. The normalized spacial score (nSPS) is 19.8. The molecule has 0 saturated heterocycles. The van der Waals surface area contributed by atoms with Crippen molar-refractivity contribution in [3.05, 3.63) is 93.7 Å². The van der Waals surface area contributed by atoms with Crippen molar-refractivity contribution in [1.29, 1.82) is 0 Å². The van der Waals surface area contributed by atoms with Crippen LogP contribution in [0, 0.1) is 5.82 Å². The maximum atomic E-state index is 13.4. The first-order chi connectivity index (χ1) is 14.1. The molecule has 6 heteroatoms. The van der Waals surface area contributed by atoms with Gasteiger partial charge in [-0.25, -0.2) is 9.40 Å². The number of fused-ring (bicyclic) bond motifs is 3. The van der Waals surface area contributed by atoms with Gasteiger partial charge in [0.25, 0.3) is 0 Å². The molecule has 29 heavy (non-hydrogen) atoms. The molecule has 2 aliphatic rings. The van der Waals surface area contributed by atoms with Gasteiger partial charge >= 0.3 is 0 Å². The van der Waals surface area contributed by atoms with Gasteiger partial charge in [-0.15, -0.1) is 0 Å². The summed E-state index contributed by atoms with van der Waals surface area (Å²) in [6, 6.07) is 20.4. The number of hydrogen-bond acceptors (Lipinski definition) is 4. The summed E-state index contributed by atoms with van der Waals surface area (Å²) in [7, 11) is 1.65. The number of rotatable bonds is 3. The highest BCUT2D eigenvalue weighted by atomic mass is 79.9. The number of halogens is 2. The third-order valence-corrected chi connectivity index (χ3v) is 5.82. The van der Waals surface area contributed by atoms with Crippen LogP contribution in [0.3, 0.4) is 0 Å². The van der Waals surface area contributed by atoms with E-state index < -0.39 is 0 Å². The van der Waals surface area contributed by atoms with Gasteiger partial charge in [-0.1, -0.05) is 28.1 Å². The summed E-state index contributed by atoms with van der Waals surface area (Å²) >= 11 is 3.56. The second kappa shape index (κ2) is 7.19. The fourth-order valence-corrected chi connectivity index (χ4v) is 4.24. The number of hydrazone groups is 1. The maximum Gasteiger partial charge on any atom is 0.213 e. The van der Waals surface area contributed by atoms with E-state index in [2.05, 4.69) is 22.0 Å². The lowest BCUT2D eigenvalue weighted by Gasteiger charge is -2.38. The third kappa shape index (κ3) is 3.27. The van der Waals surface area contributed by atoms with Crippen LogP contribution < -0.4 is 9.47 Å². The molecule has 2 heterocycles. The second-order valence-electron chi connectivity index (χ2n) is 7.08.